The summed E-state index contributed by atoms with van der Waals surface area (Å²) in [5, 5.41) is 0.0578. The lowest BCUT2D eigenvalue weighted by Crippen LogP contribution is -2.59. The van der Waals surface area contributed by atoms with Gasteiger partial charge in [-0.2, -0.15) is 4.31 Å². The first kappa shape index (κ1) is 19.0. The van der Waals surface area contributed by atoms with E-state index in [1.807, 2.05) is 18.2 Å². The van der Waals surface area contributed by atoms with Crippen LogP contribution in [0.2, 0.25) is 0 Å². The highest BCUT2D eigenvalue weighted by Gasteiger charge is 2.44. The summed E-state index contributed by atoms with van der Waals surface area (Å²) in [4.78, 5) is 22.3. The normalized spacial score (nSPS) is 20.6. The van der Waals surface area contributed by atoms with Gasteiger partial charge in [-0.1, -0.05) is 6.07 Å². The average molecular weight is 405 g/mol. The number of ether oxygens (including phenoxy) is 1. The number of hydrogen-bond donors (Lipinski definition) is 0. The average Bonchev–Trinajstić information content (AvgIpc) is 3.14. The number of carbonyl (C=O) groups is 1. The standard InChI is InChI=1S/C18H23N5O4S/c1-21-11-16(20-14-21)28(25,26)23-8-5-18(6-9-23)13-22(17(24)12-27-18)10-15-4-2-3-7-19-15/h2-4,7,11,14H,5-6,8-10,12-13H2,1H3. The van der Waals surface area contributed by atoms with E-state index in [0.717, 1.165) is 5.69 Å². The molecule has 2 fully saturated rings. The molecule has 2 saturated heterocycles. The van der Waals surface area contributed by atoms with Crippen LogP contribution in [0.4, 0.5) is 0 Å². The van der Waals surface area contributed by atoms with E-state index >= 15 is 0 Å². The zero-order chi connectivity index (χ0) is 19.8. The van der Waals surface area contributed by atoms with Crippen molar-refractivity contribution in [1.29, 1.82) is 0 Å². The lowest BCUT2D eigenvalue weighted by atomic mass is 9.90. The Kier molecular flexibility index (Phi) is 4.94. The van der Waals surface area contributed by atoms with Crippen LogP contribution in [0.3, 0.4) is 0 Å². The number of aryl methyl sites for hydroxylation is 1. The van der Waals surface area contributed by atoms with Crippen molar-refractivity contribution in [3.8, 4) is 0 Å². The molecular formula is C18H23N5O4S. The molecule has 1 amide bonds. The predicted octanol–water partition coefficient (Wildman–Crippen LogP) is 0.397. The van der Waals surface area contributed by atoms with E-state index < -0.39 is 15.6 Å². The quantitative estimate of drug-likeness (QED) is 0.730. The molecule has 1 spiro atoms. The van der Waals surface area contributed by atoms with Crippen molar-refractivity contribution < 1.29 is 17.9 Å². The molecule has 0 aromatic carbocycles. The largest absolute Gasteiger partial charge is 0.363 e. The summed E-state index contributed by atoms with van der Waals surface area (Å²) in [5.41, 5.74) is 0.307. The van der Waals surface area contributed by atoms with E-state index in [4.69, 9.17) is 4.74 Å². The van der Waals surface area contributed by atoms with Crippen molar-refractivity contribution in [1.82, 2.24) is 23.7 Å². The molecular weight excluding hydrogens is 382 g/mol. The molecule has 0 radical (unpaired) electrons. The lowest BCUT2D eigenvalue weighted by Gasteiger charge is -2.46. The zero-order valence-corrected chi connectivity index (χ0v) is 16.5. The Hall–Kier alpha value is -2.30. The number of imidazole rings is 1. The van der Waals surface area contributed by atoms with Crippen molar-refractivity contribution in [2.45, 2.75) is 30.0 Å². The van der Waals surface area contributed by atoms with E-state index in [1.165, 1.54) is 16.8 Å². The smallest absolute Gasteiger partial charge is 0.262 e. The Bertz CT molecular complexity index is 951. The molecule has 9 nitrogen and oxygen atoms in total. The summed E-state index contributed by atoms with van der Waals surface area (Å²) in [7, 11) is -1.88. The van der Waals surface area contributed by atoms with E-state index in [2.05, 4.69) is 9.97 Å². The van der Waals surface area contributed by atoms with Gasteiger partial charge in [-0.05, 0) is 25.0 Å². The number of nitrogens with zero attached hydrogens (tertiary/aromatic N) is 5. The van der Waals surface area contributed by atoms with Gasteiger partial charge in [0.05, 0.1) is 30.7 Å². The van der Waals surface area contributed by atoms with Crippen molar-refractivity contribution in [3.63, 3.8) is 0 Å². The third kappa shape index (κ3) is 3.67. The molecule has 10 heteroatoms. The van der Waals surface area contributed by atoms with Gasteiger partial charge >= 0.3 is 0 Å². The SMILES string of the molecule is Cn1cnc(S(=O)(=O)N2CCC3(CC2)CN(Cc2ccccn2)C(=O)CO3)c1. The van der Waals surface area contributed by atoms with Crippen LogP contribution in [-0.4, -0.2) is 69.9 Å². The fourth-order valence-electron chi connectivity index (χ4n) is 3.71. The van der Waals surface area contributed by atoms with Crippen LogP contribution in [0.1, 0.15) is 18.5 Å². The number of aromatic nitrogens is 3. The maximum atomic E-state index is 12.8. The zero-order valence-electron chi connectivity index (χ0n) is 15.7. The third-order valence-corrected chi connectivity index (χ3v) is 7.12. The lowest BCUT2D eigenvalue weighted by molar-refractivity contribution is -0.170. The van der Waals surface area contributed by atoms with Crippen LogP contribution in [0, 0.1) is 0 Å². The van der Waals surface area contributed by atoms with Crippen molar-refractivity contribution in [2.75, 3.05) is 26.2 Å². The number of rotatable bonds is 4. The van der Waals surface area contributed by atoms with Crippen LogP contribution >= 0.6 is 0 Å². The second kappa shape index (κ2) is 7.26. The molecule has 2 aromatic rings. The molecule has 2 aliphatic heterocycles. The molecule has 0 atom stereocenters. The van der Waals surface area contributed by atoms with Crippen molar-refractivity contribution in [3.05, 3.63) is 42.6 Å². The highest BCUT2D eigenvalue weighted by molar-refractivity contribution is 7.89. The van der Waals surface area contributed by atoms with Gasteiger partial charge in [0.1, 0.15) is 6.61 Å². The van der Waals surface area contributed by atoms with Gasteiger partial charge in [-0.25, -0.2) is 13.4 Å². The summed E-state index contributed by atoms with van der Waals surface area (Å²) in [6, 6.07) is 5.62. The Morgan fingerprint density at radius 3 is 2.64 bits per heavy atom. The second-order valence-electron chi connectivity index (χ2n) is 7.32. The molecule has 28 heavy (non-hydrogen) atoms. The first-order valence-corrected chi connectivity index (χ1v) is 10.6. The minimum Gasteiger partial charge on any atom is -0.363 e. The molecule has 0 N–H and O–H groups in total. The number of amides is 1. The summed E-state index contributed by atoms with van der Waals surface area (Å²) < 4.78 is 34.5. The van der Waals surface area contributed by atoms with Crippen LogP contribution in [0.5, 0.6) is 0 Å². The predicted molar refractivity (Wildman–Crippen MR) is 99.5 cm³/mol. The fourth-order valence-corrected chi connectivity index (χ4v) is 5.12. The van der Waals surface area contributed by atoms with Gasteiger partial charge in [-0.3, -0.25) is 9.78 Å². The van der Waals surface area contributed by atoms with Crippen molar-refractivity contribution >= 4 is 15.9 Å². The number of piperidine rings is 1. The molecule has 0 saturated carbocycles. The Morgan fingerprint density at radius 2 is 2.00 bits per heavy atom. The van der Waals surface area contributed by atoms with Crippen LogP contribution in [0.25, 0.3) is 0 Å². The molecule has 0 bridgehead atoms. The van der Waals surface area contributed by atoms with Crippen LogP contribution < -0.4 is 0 Å². The molecule has 2 aliphatic rings. The van der Waals surface area contributed by atoms with Gasteiger partial charge in [0, 0.05) is 32.5 Å². The monoisotopic (exact) mass is 405 g/mol. The van der Waals surface area contributed by atoms with Gasteiger partial charge < -0.3 is 14.2 Å². The number of morpholine rings is 1. The minimum absolute atomic E-state index is 0.0137. The van der Waals surface area contributed by atoms with Gasteiger partial charge in [0.15, 0.2) is 5.03 Å². The first-order chi connectivity index (χ1) is 13.4. The van der Waals surface area contributed by atoms with E-state index in [0.29, 0.717) is 39.0 Å². The van der Waals surface area contributed by atoms with Crippen LogP contribution in [-0.2, 0) is 33.1 Å². The Morgan fingerprint density at radius 1 is 1.21 bits per heavy atom. The molecule has 0 unspecified atom stereocenters. The molecule has 4 rings (SSSR count). The van der Waals surface area contributed by atoms with Gasteiger partial charge in [0.25, 0.3) is 10.0 Å². The second-order valence-corrected chi connectivity index (χ2v) is 9.21. The summed E-state index contributed by atoms with van der Waals surface area (Å²) >= 11 is 0. The fraction of sp³-hybridized carbons (Fsp3) is 0.500. The molecule has 2 aromatic heterocycles. The highest BCUT2D eigenvalue weighted by Crippen LogP contribution is 2.33. The number of sulfonamides is 1. The Balaban J connectivity index is 1.44. The molecule has 150 valence electrons. The minimum atomic E-state index is -3.61. The van der Waals surface area contributed by atoms with E-state index in [1.54, 1.807) is 22.7 Å². The summed E-state index contributed by atoms with van der Waals surface area (Å²) in [6.07, 6.45) is 5.75. The topological polar surface area (TPSA) is 97.6 Å². The summed E-state index contributed by atoms with van der Waals surface area (Å²) in [6.45, 7) is 1.56. The first-order valence-electron chi connectivity index (χ1n) is 9.18. The maximum Gasteiger partial charge on any atom is 0.262 e. The number of hydrogen-bond acceptors (Lipinski definition) is 6. The maximum absolute atomic E-state index is 12.8. The van der Waals surface area contributed by atoms with Gasteiger partial charge in [-0.15, -0.1) is 0 Å². The number of pyridine rings is 1. The third-order valence-electron chi connectivity index (χ3n) is 5.33. The van der Waals surface area contributed by atoms with Crippen molar-refractivity contribution in [2.24, 2.45) is 7.05 Å². The van der Waals surface area contributed by atoms with Crippen LogP contribution in [0.15, 0.2) is 41.9 Å². The number of carbonyl (C=O) groups excluding carboxylic acids is 1. The van der Waals surface area contributed by atoms with E-state index in [-0.39, 0.29) is 17.5 Å². The van der Waals surface area contributed by atoms with E-state index in [9.17, 15) is 13.2 Å². The molecule has 0 aliphatic carbocycles. The molecule has 4 heterocycles. The Labute approximate surface area is 164 Å². The summed E-state index contributed by atoms with van der Waals surface area (Å²) in [5.74, 6) is -0.0696. The van der Waals surface area contributed by atoms with Gasteiger partial charge in [0.2, 0.25) is 5.91 Å². The highest BCUT2D eigenvalue weighted by atomic mass is 32.2.